The second-order valence-electron chi connectivity index (χ2n) is 7.80. The molecule has 6 nitrogen and oxygen atoms in total. The van der Waals surface area contributed by atoms with Crippen molar-refractivity contribution in [2.75, 3.05) is 0 Å². The molecule has 1 aliphatic carbocycles. The standard InChI is InChI=1S/C23H16FN3O3S/c24-14-6-7-15(17(8-14)13-4-5-13)21-26-22-19(16-2-1-3-18(28)20(16)31-22)23(29)27(21)10-12-9-25-30-11-12/h1-3,6-9,11,13,28H,4-5,10H2. The SMILES string of the molecule is O=c1c2c(nc(-c3ccc(F)cc3C3CC3)n1Cc1cnoc1)sc1c(O)cccc12. The van der Waals surface area contributed by atoms with Crippen LogP contribution in [0, 0.1) is 5.82 Å². The zero-order valence-electron chi connectivity index (χ0n) is 16.2. The minimum Gasteiger partial charge on any atom is -0.506 e. The highest BCUT2D eigenvalue weighted by Crippen LogP contribution is 2.45. The Morgan fingerprint density at radius 1 is 1.26 bits per heavy atom. The summed E-state index contributed by atoms with van der Waals surface area (Å²) in [6.45, 7) is 0.220. The largest absolute Gasteiger partial charge is 0.506 e. The molecule has 3 heterocycles. The van der Waals surface area contributed by atoms with Crippen molar-refractivity contribution in [2.24, 2.45) is 0 Å². The summed E-state index contributed by atoms with van der Waals surface area (Å²) in [6, 6.07) is 9.77. The summed E-state index contributed by atoms with van der Waals surface area (Å²) in [7, 11) is 0. The molecule has 1 aliphatic rings. The molecule has 3 aromatic heterocycles. The predicted octanol–water partition coefficient (Wildman–Crippen LogP) is 5.04. The average molecular weight is 433 g/mol. The smallest absolute Gasteiger partial charge is 0.263 e. The maximum Gasteiger partial charge on any atom is 0.263 e. The van der Waals surface area contributed by atoms with Crippen molar-refractivity contribution in [2.45, 2.75) is 25.3 Å². The quantitative estimate of drug-likeness (QED) is 0.430. The lowest BCUT2D eigenvalue weighted by Gasteiger charge is -2.15. The molecule has 0 bridgehead atoms. The van der Waals surface area contributed by atoms with Gasteiger partial charge in [0.25, 0.3) is 5.56 Å². The molecule has 8 heteroatoms. The van der Waals surface area contributed by atoms with Gasteiger partial charge in [0, 0.05) is 16.5 Å². The van der Waals surface area contributed by atoms with Crippen LogP contribution in [0.4, 0.5) is 4.39 Å². The van der Waals surface area contributed by atoms with Gasteiger partial charge < -0.3 is 9.63 Å². The third-order valence-electron chi connectivity index (χ3n) is 5.69. The monoisotopic (exact) mass is 433 g/mol. The van der Waals surface area contributed by atoms with E-state index < -0.39 is 0 Å². The highest BCUT2D eigenvalue weighted by molar-refractivity contribution is 7.25. The number of phenolic OH excluding ortho intramolecular Hbond substituents is 1. The van der Waals surface area contributed by atoms with Crippen LogP contribution in [0.2, 0.25) is 0 Å². The molecule has 5 aromatic rings. The molecule has 0 radical (unpaired) electrons. The van der Waals surface area contributed by atoms with E-state index >= 15 is 0 Å². The Morgan fingerprint density at radius 2 is 2.13 bits per heavy atom. The van der Waals surface area contributed by atoms with E-state index in [1.807, 2.05) is 6.07 Å². The first-order chi connectivity index (χ1) is 15.1. The van der Waals surface area contributed by atoms with Gasteiger partial charge in [-0.2, -0.15) is 0 Å². The van der Waals surface area contributed by atoms with Crippen LogP contribution in [-0.4, -0.2) is 19.8 Å². The molecule has 0 atom stereocenters. The molecule has 2 aromatic carbocycles. The number of aromatic hydroxyl groups is 1. The zero-order chi connectivity index (χ0) is 21.1. The van der Waals surface area contributed by atoms with E-state index in [-0.39, 0.29) is 29.6 Å². The molecule has 0 aliphatic heterocycles. The Hall–Kier alpha value is -3.52. The molecule has 1 fully saturated rings. The van der Waals surface area contributed by atoms with Crippen molar-refractivity contribution >= 4 is 31.6 Å². The highest BCUT2D eigenvalue weighted by Gasteiger charge is 2.29. The Kier molecular flexibility index (Phi) is 3.97. The van der Waals surface area contributed by atoms with E-state index in [1.165, 1.54) is 23.7 Å². The molecule has 0 unspecified atom stereocenters. The van der Waals surface area contributed by atoms with Gasteiger partial charge in [-0.05, 0) is 48.6 Å². The number of rotatable bonds is 4. The van der Waals surface area contributed by atoms with E-state index in [4.69, 9.17) is 9.51 Å². The fourth-order valence-corrected chi connectivity index (χ4v) is 5.15. The van der Waals surface area contributed by atoms with Crippen LogP contribution in [0.15, 0.2) is 58.2 Å². The molecule has 1 N–H and O–H groups in total. The van der Waals surface area contributed by atoms with E-state index in [1.54, 1.807) is 35.0 Å². The van der Waals surface area contributed by atoms with Crippen molar-refractivity contribution < 1.29 is 14.0 Å². The van der Waals surface area contributed by atoms with Crippen LogP contribution in [0.3, 0.4) is 0 Å². The highest BCUT2D eigenvalue weighted by atomic mass is 32.1. The summed E-state index contributed by atoms with van der Waals surface area (Å²) < 4.78 is 21.2. The summed E-state index contributed by atoms with van der Waals surface area (Å²) in [6.07, 6.45) is 5.03. The number of phenols is 1. The van der Waals surface area contributed by atoms with Crippen molar-refractivity contribution in [3.63, 3.8) is 0 Å². The number of halogens is 1. The van der Waals surface area contributed by atoms with Crippen molar-refractivity contribution in [3.8, 4) is 17.1 Å². The number of fused-ring (bicyclic) bond motifs is 3. The molecule has 31 heavy (non-hydrogen) atoms. The number of thiophene rings is 1. The first-order valence-electron chi connectivity index (χ1n) is 9.93. The van der Waals surface area contributed by atoms with E-state index in [2.05, 4.69) is 5.16 Å². The van der Waals surface area contributed by atoms with Gasteiger partial charge in [0.2, 0.25) is 0 Å². The van der Waals surface area contributed by atoms with Crippen LogP contribution in [-0.2, 0) is 6.54 Å². The zero-order valence-corrected chi connectivity index (χ0v) is 17.0. The van der Waals surface area contributed by atoms with Crippen LogP contribution >= 0.6 is 11.3 Å². The number of benzene rings is 2. The Morgan fingerprint density at radius 3 is 2.90 bits per heavy atom. The lowest BCUT2D eigenvalue weighted by atomic mass is 10.0. The summed E-state index contributed by atoms with van der Waals surface area (Å²) >= 11 is 1.28. The number of aromatic nitrogens is 3. The Bertz CT molecular complexity index is 1520. The maximum absolute atomic E-state index is 14.0. The lowest BCUT2D eigenvalue weighted by molar-refractivity contribution is 0.418. The second-order valence-corrected chi connectivity index (χ2v) is 8.80. The summed E-state index contributed by atoms with van der Waals surface area (Å²) in [5, 5.41) is 15.2. The van der Waals surface area contributed by atoms with Gasteiger partial charge in [-0.1, -0.05) is 17.3 Å². The van der Waals surface area contributed by atoms with E-state index in [0.717, 1.165) is 29.5 Å². The van der Waals surface area contributed by atoms with Crippen molar-refractivity contribution in [1.29, 1.82) is 0 Å². The van der Waals surface area contributed by atoms with Gasteiger partial charge in [0.15, 0.2) is 0 Å². The summed E-state index contributed by atoms with van der Waals surface area (Å²) in [5.74, 6) is 0.569. The molecule has 6 rings (SSSR count). The number of nitrogens with zero attached hydrogens (tertiary/aromatic N) is 3. The van der Waals surface area contributed by atoms with Crippen LogP contribution in [0.1, 0.15) is 29.9 Å². The predicted molar refractivity (Wildman–Crippen MR) is 116 cm³/mol. The number of hydrogen-bond donors (Lipinski definition) is 1. The van der Waals surface area contributed by atoms with E-state index in [0.29, 0.717) is 26.1 Å². The summed E-state index contributed by atoms with van der Waals surface area (Å²) in [5.41, 5.74) is 2.13. The van der Waals surface area contributed by atoms with Crippen LogP contribution in [0.25, 0.3) is 31.7 Å². The Labute approximate surface area is 179 Å². The molecular weight excluding hydrogens is 417 g/mol. The second kappa shape index (κ2) is 6.75. The van der Waals surface area contributed by atoms with E-state index in [9.17, 15) is 14.3 Å². The van der Waals surface area contributed by atoms with Crippen LogP contribution < -0.4 is 5.56 Å². The lowest BCUT2D eigenvalue weighted by Crippen LogP contribution is -2.24. The van der Waals surface area contributed by atoms with Gasteiger partial charge >= 0.3 is 0 Å². The third-order valence-corrected chi connectivity index (χ3v) is 6.82. The fraction of sp³-hybridized carbons (Fsp3) is 0.174. The first kappa shape index (κ1) is 18.3. The van der Waals surface area contributed by atoms with Crippen LogP contribution in [0.5, 0.6) is 5.75 Å². The molecule has 0 spiro atoms. The number of hydrogen-bond acceptors (Lipinski definition) is 6. The van der Waals surface area contributed by atoms with Gasteiger partial charge in [0.05, 0.1) is 22.8 Å². The minimum absolute atomic E-state index is 0.118. The molecular formula is C23H16FN3O3S. The van der Waals surface area contributed by atoms with Gasteiger partial charge in [0.1, 0.15) is 28.5 Å². The fourth-order valence-electron chi connectivity index (χ4n) is 4.07. The molecule has 0 amide bonds. The first-order valence-corrected chi connectivity index (χ1v) is 10.7. The summed E-state index contributed by atoms with van der Waals surface area (Å²) in [4.78, 5) is 19.1. The third kappa shape index (κ3) is 2.94. The maximum atomic E-state index is 14.0. The topological polar surface area (TPSA) is 81.2 Å². The normalized spacial score (nSPS) is 14.0. The van der Waals surface area contributed by atoms with Crippen molar-refractivity contribution in [3.05, 3.63) is 76.2 Å². The Balaban J connectivity index is 1.69. The average Bonchev–Trinajstić information content (AvgIpc) is 3.34. The molecule has 1 saturated carbocycles. The van der Waals surface area contributed by atoms with Gasteiger partial charge in [-0.15, -0.1) is 11.3 Å². The molecule has 154 valence electrons. The van der Waals surface area contributed by atoms with Crippen molar-refractivity contribution in [1.82, 2.24) is 14.7 Å². The van der Waals surface area contributed by atoms with Gasteiger partial charge in [-0.3, -0.25) is 9.36 Å². The molecule has 0 saturated heterocycles. The minimum atomic E-state index is -0.300. The van der Waals surface area contributed by atoms with Gasteiger partial charge in [-0.25, -0.2) is 9.37 Å².